The molecule has 24 heavy (non-hydrogen) atoms. The molecule has 124 valence electrons. The lowest BCUT2D eigenvalue weighted by atomic mass is 10.0. The zero-order valence-electron chi connectivity index (χ0n) is 13.4. The van der Waals surface area contributed by atoms with Gasteiger partial charge in [-0.25, -0.2) is 4.98 Å². The number of likely N-dealkylation sites (tertiary alicyclic amines) is 1. The van der Waals surface area contributed by atoms with E-state index in [1.54, 1.807) is 24.0 Å². The van der Waals surface area contributed by atoms with Crippen LogP contribution in [0.2, 0.25) is 0 Å². The van der Waals surface area contributed by atoms with Crippen LogP contribution in [0.3, 0.4) is 0 Å². The number of hydrogen-bond donors (Lipinski definition) is 0. The maximum absolute atomic E-state index is 12.5. The normalized spacial score (nSPS) is 14.2. The molecule has 0 aliphatic carbocycles. The number of nitro groups is 1. The SMILES string of the molecule is Cc1cccc(OC2CN(C(=O)c3cccc([N+](=O)[O-])c3C)C2)n1. The van der Waals surface area contributed by atoms with Gasteiger partial charge in [-0.05, 0) is 26.0 Å². The van der Waals surface area contributed by atoms with Crippen LogP contribution in [0.1, 0.15) is 21.6 Å². The first-order chi connectivity index (χ1) is 11.5. The molecule has 0 atom stereocenters. The first-order valence-electron chi connectivity index (χ1n) is 7.59. The molecule has 1 saturated heterocycles. The molecule has 0 radical (unpaired) electrons. The number of ether oxygens (including phenoxy) is 1. The van der Waals surface area contributed by atoms with Gasteiger partial charge in [0.15, 0.2) is 0 Å². The Morgan fingerprint density at radius 1 is 1.25 bits per heavy atom. The molecular weight excluding hydrogens is 310 g/mol. The topological polar surface area (TPSA) is 85.6 Å². The highest BCUT2D eigenvalue weighted by Gasteiger charge is 2.34. The molecule has 3 rings (SSSR count). The standard InChI is InChI=1S/C17H17N3O4/c1-11-5-3-8-16(18-11)24-13-9-19(10-13)17(21)14-6-4-7-15(12(14)2)20(22)23/h3-8,13H,9-10H2,1-2H3. The number of hydrogen-bond acceptors (Lipinski definition) is 5. The van der Waals surface area contributed by atoms with Crippen molar-refractivity contribution in [3.63, 3.8) is 0 Å². The summed E-state index contributed by atoms with van der Waals surface area (Å²) in [6.07, 6.45) is -0.109. The summed E-state index contributed by atoms with van der Waals surface area (Å²) in [6, 6.07) is 10.1. The Kier molecular flexibility index (Phi) is 4.16. The van der Waals surface area contributed by atoms with E-state index in [9.17, 15) is 14.9 Å². The molecule has 1 aliphatic rings. The maximum Gasteiger partial charge on any atom is 0.273 e. The largest absolute Gasteiger partial charge is 0.471 e. The summed E-state index contributed by atoms with van der Waals surface area (Å²) in [4.78, 5) is 28.9. The molecule has 0 N–H and O–H groups in total. The number of aryl methyl sites for hydroxylation is 1. The number of nitrogens with zero attached hydrogens (tertiary/aromatic N) is 3. The Balaban J connectivity index is 1.65. The summed E-state index contributed by atoms with van der Waals surface area (Å²) in [7, 11) is 0. The van der Waals surface area contributed by atoms with E-state index in [4.69, 9.17) is 4.74 Å². The zero-order valence-corrected chi connectivity index (χ0v) is 13.4. The van der Waals surface area contributed by atoms with E-state index >= 15 is 0 Å². The highest BCUT2D eigenvalue weighted by atomic mass is 16.6. The third kappa shape index (κ3) is 3.05. The van der Waals surface area contributed by atoms with Crippen LogP contribution >= 0.6 is 0 Å². The van der Waals surface area contributed by atoms with Crippen molar-refractivity contribution < 1.29 is 14.5 Å². The fraction of sp³-hybridized carbons (Fsp3) is 0.294. The van der Waals surface area contributed by atoms with Gasteiger partial charge in [-0.3, -0.25) is 14.9 Å². The molecule has 1 fully saturated rings. The zero-order chi connectivity index (χ0) is 17.3. The highest BCUT2D eigenvalue weighted by molar-refractivity contribution is 5.97. The maximum atomic E-state index is 12.5. The number of rotatable bonds is 4. The van der Waals surface area contributed by atoms with Gasteiger partial charge in [-0.15, -0.1) is 0 Å². The van der Waals surface area contributed by atoms with Crippen LogP contribution in [-0.2, 0) is 0 Å². The highest BCUT2D eigenvalue weighted by Crippen LogP contribution is 2.25. The molecule has 0 saturated carbocycles. The van der Waals surface area contributed by atoms with Gasteiger partial charge in [0.1, 0.15) is 6.10 Å². The van der Waals surface area contributed by atoms with E-state index in [1.165, 1.54) is 12.1 Å². The number of nitro benzene ring substituents is 1. The van der Waals surface area contributed by atoms with Gasteiger partial charge in [-0.1, -0.05) is 12.1 Å². The van der Waals surface area contributed by atoms with Crippen molar-refractivity contribution in [3.05, 3.63) is 63.3 Å². The number of amides is 1. The second-order valence-corrected chi connectivity index (χ2v) is 5.77. The van der Waals surface area contributed by atoms with E-state index in [-0.39, 0.29) is 17.7 Å². The van der Waals surface area contributed by atoms with Gasteiger partial charge < -0.3 is 9.64 Å². The minimum Gasteiger partial charge on any atom is -0.471 e. The summed E-state index contributed by atoms with van der Waals surface area (Å²) >= 11 is 0. The average Bonchev–Trinajstić information content (AvgIpc) is 2.50. The van der Waals surface area contributed by atoms with Crippen molar-refractivity contribution >= 4 is 11.6 Å². The van der Waals surface area contributed by atoms with Crippen molar-refractivity contribution in [1.29, 1.82) is 0 Å². The van der Waals surface area contributed by atoms with Crippen molar-refractivity contribution in [3.8, 4) is 5.88 Å². The first kappa shape index (κ1) is 15.9. The smallest absolute Gasteiger partial charge is 0.273 e. The fourth-order valence-corrected chi connectivity index (χ4v) is 2.66. The van der Waals surface area contributed by atoms with Crippen LogP contribution in [0.25, 0.3) is 0 Å². The summed E-state index contributed by atoms with van der Waals surface area (Å²) in [5.74, 6) is 0.326. The summed E-state index contributed by atoms with van der Waals surface area (Å²) in [5, 5.41) is 11.0. The molecule has 0 unspecified atom stereocenters. The molecule has 0 bridgehead atoms. The van der Waals surface area contributed by atoms with Crippen molar-refractivity contribution in [2.75, 3.05) is 13.1 Å². The molecule has 1 amide bonds. The van der Waals surface area contributed by atoms with E-state index < -0.39 is 4.92 Å². The van der Waals surface area contributed by atoms with Crippen LogP contribution in [0, 0.1) is 24.0 Å². The van der Waals surface area contributed by atoms with E-state index in [0.29, 0.717) is 30.1 Å². The van der Waals surface area contributed by atoms with Crippen molar-refractivity contribution in [1.82, 2.24) is 9.88 Å². The van der Waals surface area contributed by atoms with Crippen LogP contribution < -0.4 is 4.74 Å². The van der Waals surface area contributed by atoms with Gasteiger partial charge in [0.25, 0.3) is 11.6 Å². The predicted octanol–water partition coefficient (Wildman–Crippen LogP) is 2.51. The molecule has 7 heteroatoms. The van der Waals surface area contributed by atoms with Gasteiger partial charge in [0, 0.05) is 29.0 Å². The second kappa shape index (κ2) is 6.27. The lowest BCUT2D eigenvalue weighted by Gasteiger charge is -2.38. The van der Waals surface area contributed by atoms with Gasteiger partial charge in [0.05, 0.1) is 18.0 Å². The number of pyridine rings is 1. The van der Waals surface area contributed by atoms with Crippen LogP contribution in [0.5, 0.6) is 5.88 Å². The minimum absolute atomic E-state index is 0.0434. The molecule has 2 heterocycles. The molecule has 1 aromatic heterocycles. The minimum atomic E-state index is -0.475. The van der Waals surface area contributed by atoms with Crippen LogP contribution in [-0.4, -0.2) is 39.9 Å². The second-order valence-electron chi connectivity index (χ2n) is 5.77. The number of aromatic nitrogens is 1. The summed E-state index contributed by atoms with van der Waals surface area (Å²) in [5.41, 5.74) is 1.57. The lowest BCUT2D eigenvalue weighted by Crippen LogP contribution is -2.56. The average molecular weight is 327 g/mol. The molecule has 1 aliphatic heterocycles. The Hall–Kier alpha value is -2.96. The molecule has 1 aromatic carbocycles. The summed E-state index contributed by atoms with van der Waals surface area (Å²) < 4.78 is 5.73. The monoisotopic (exact) mass is 327 g/mol. The van der Waals surface area contributed by atoms with Crippen LogP contribution in [0.4, 0.5) is 5.69 Å². The quantitative estimate of drug-likeness (QED) is 0.636. The number of carbonyl (C=O) groups is 1. The molecule has 2 aromatic rings. The Morgan fingerprint density at radius 2 is 1.96 bits per heavy atom. The van der Waals surface area contributed by atoms with Crippen molar-refractivity contribution in [2.45, 2.75) is 20.0 Å². The molecular formula is C17H17N3O4. The van der Waals surface area contributed by atoms with Gasteiger partial charge >= 0.3 is 0 Å². The predicted molar refractivity (Wildman–Crippen MR) is 87.1 cm³/mol. The summed E-state index contributed by atoms with van der Waals surface area (Å²) in [6.45, 7) is 4.36. The Bertz CT molecular complexity index is 800. The Labute approximate surface area is 139 Å². The third-order valence-corrected chi connectivity index (χ3v) is 4.02. The first-order valence-corrected chi connectivity index (χ1v) is 7.59. The van der Waals surface area contributed by atoms with E-state index in [0.717, 1.165) is 5.69 Å². The lowest BCUT2D eigenvalue weighted by molar-refractivity contribution is -0.385. The van der Waals surface area contributed by atoms with E-state index in [2.05, 4.69) is 4.98 Å². The van der Waals surface area contributed by atoms with Crippen LogP contribution in [0.15, 0.2) is 36.4 Å². The van der Waals surface area contributed by atoms with E-state index in [1.807, 2.05) is 19.1 Å². The van der Waals surface area contributed by atoms with Crippen molar-refractivity contribution in [2.24, 2.45) is 0 Å². The van der Waals surface area contributed by atoms with Gasteiger partial charge in [0.2, 0.25) is 5.88 Å². The van der Waals surface area contributed by atoms with Gasteiger partial charge in [-0.2, -0.15) is 0 Å². The third-order valence-electron chi connectivity index (χ3n) is 4.02. The molecule has 0 spiro atoms. The number of carbonyl (C=O) groups excluding carboxylic acids is 1. The number of benzene rings is 1. The Morgan fingerprint density at radius 3 is 2.62 bits per heavy atom. The molecule has 7 nitrogen and oxygen atoms in total. The fourth-order valence-electron chi connectivity index (χ4n) is 2.66.